The highest BCUT2D eigenvalue weighted by atomic mass is 16.2. The number of urea groups is 1. The molecule has 4 aromatic rings. The highest BCUT2D eigenvalue weighted by Gasteiger charge is 2.16. The number of hydrogen-bond acceptors (Lipinski definition) is 4. The highest BCUT2D eigenvalue weighted by Crippen LogP contribution is 2.29. The van der Waals surface area contributed by atoms with Gasteiger partial charge in [0.25, 0.3) is 0 Å². The van der Waals surface area contributed by atoms with Crippen LogP contribution in [0.2, 0.25) is 0 Å². The fourth-order valence-corrected chi connectivity index (χ4v) is 3.69. The van der Waals surface area contributed by atoms with Gasteiger partial charge < -0.3 is 16.4 Å². The average Bonchev–Trinajstić information content (AvgIpc) is 3.22. The molecule has 0 spiro atoms. The van der Waals surface area contributed by atoms with E-state index in [4.69, 9.17) is 9.89 Å². The van der Waals surface area contributed by atoms with Gasteiger partial charge in [-0.3, -0.25) is 9.78 Å². The molecule has 0 aliphatic heterocycles. The monoisotopic (exact) mass is 444 g/mol. The summed E-state index contributed by atoms with van der Waals surface area (Å²) in [6.07, 6.45) is 5.41. The fraction of sp³-hybridized carbons (Fsp3) is 0.200. The summed E-state index contributed by atoms with van der Waals surface area (Å²) in [5, 5.41) is 11.9. The quantitative estimate of drug-likeness (QED) is 0.390. The third-order valence-electron chi connectivity index (χ3n) is 5.13. The molecular weight excluding hydrogens is 416 g/mol. The molecule has 8 nitrogen and oxygen atoms in total. The van der Waals surface area contributed by atoms with Crippen LogP contribution < -0.4 is 16.4 Å². The van der Waals surface area contributed by atoms with E-state index in [1.54, 1.807) is 12.4 Å². The number of carbonyl (C=O) groups excluding carboxylic acids is 2. The minimum absolute atomic E-state index is 0.244. The number of pyridine rings is 1. The van der Waals surface area contributed by atoms with Crippen molar-refractivity contribution >= 4 is 29.0 Å². The molecule has 0 fully saturated rings. The Bertz CT molecular complexity index is 1210. The first-order valence-corrected chi connectivity index (χ1v) is 10.8. The number of amides is 3. The molecule has 2 aromatic carbocycles. The average molecular weight is 445 g/mol. The largest absolute Gasteiger partial charge is 0.372 e. The van der Waals surface area contributed by atoms with E-state index in [2.05, 4.69) is 47.3 Å². The zero-order valence-corrected chi connectivity index (χ0v) is 18.8. The summed E-state index contributed by atoms with van der Waals surface area (Å²) in [4.78, 5) is 25.0. The number of nitrogens with one attached hydrogen (secondary N) is 2. The Balaban J connectivity index is 0.000000968. The molecule has 0 unspecified atom stereocenters. The van der Waals surface area contributed by atoms with Gasteiger partial charge in [0.15, 0.2) is 0 Å². The SMILES string of the molecule is CCc1cc(NC(=O)NCc2ccncc2)cc2nn(-c3ccccc3)c(CC)c12.NC=O. The van der Waals surface area contributed by atoms with Gasteiger partial charge in [0.2, 0.25) is 6.41 Å². The van der Waals surface area contributed by atoms with Crippen molar-refractivity contribution in [3.8, 4) is 5.69 Å². The summed E-state index contributed by atoms with van der Waals surface area (Å²) in [6, 6.07) is 17.7. The van der Waals surface area contributed by atoms with Crippen LogP contribution in [-0.2, 0) is 24.2 Å². The minimum Gasteiger partial charge on any atom is -0.372 e. The van der Waals surface area contributed by atoms with Crippen molar-refractivity contribution in [3.05, 3.63) is 83.8 Å². The molecule has 2 aromatic heterocycles. The Kier molecular flexibility index (Phi) is 8.13. The van der Waals surface area contributed by atoms with E-state index in [1.807, 2.05) is 47.1 Å². The van der Waals surface area contributed by atoms with Crippen molar-refractivity contribution in [1.82, 2.24) is 20.1 Å². The van der Waals surface area contributed by atoms with Gasteiger partial charge in [0, 0.05) is 30.0 Å². The van der Waals surface area contributed by atoms with E-state index in [1.165, 1.54) is 16.6 Å². The number of benzene rings is 2. The van der Waals surface area contributed by atoms with Gasteiger partial charge in [-0.05, 0) is 60.4 Å². The maximum Gasteiger partial charge on any atom is 0.319 e. The lowest BCUT2D eigenvalue weighted by molar-refractivity contribution is -0.106. The van der Waals surface area contributed by atoms with E-state index < -0.39 is 0 Å². The molecule has 170 valence electrons. The van der Waals surface area contributed by atoms with Crippen LogP contribution in [0.15, 0.2) is 67.0 Å². The number of rotatable bonds is 6. The third kappa shape index (κ3) is 5.74. The summed E-state index contributed by atoms with van der Waals surface area (Å²) < 4.78 is 2.01. The number of aryl methyl sites for hydroxylation is 2. The number of para-hydroxylation sites is 1. The molecule has 4 rings (SSSR count). The van der Waals surface area contributed by atoms with Crippen LogP contribution in [0.1, 0.15) is 30.7 Å². The van der Waals surface area contributed by atoms with Crippen LogP contribution in [0.3, 0.4) is 0 Å². The minimum atomic E-state index is -0.244. The number of nitrogens with two attached hydrogens (primary N) is 1. The summed E-state index contributed by atoms with van der Waals surface area (Å²) >= 11 is 0. The topological polar surface area (TPSA) is 115 Å². The highest BCUT2D eigenvalue weighted by molar-refractivity contribution is 5.95. The first-order chi connectivity index (χ1) is 16.1. The van der Waals surface area contributed by atoms with Crippen LogP contribution in [0.4, 0.5) is 10.5 Å². The van der Waals surface area contributed by atoms with E-state index in [0.29, 0.717) is 6.54 Å². The van der Waals surface area contributed by atoms with Crippen molar-refractivity contribution in [1.29, 1.82) is 0 Å². The fourth-order valence-electron chi connectivity index (χ4n) is 3.69. The number of aromatic nitrogens is 3. The molecule has 8 heteroatoms. The molecule has 0 aliphatic rings. The van der Waals surface area contributed by atoms with Crippen molar-refractivity contribution in [3.63, 3.8) is 0 Å². The van der Waals surface area contributed by atoms with Crippen LogP contribution >= 0.6 is 0 Å². The summed E-state index contributed by atoms with van der Waals surface area (Å²) in [5.74, 6) is 0. The van der Waals surface area contributed by atoms with E-state index >= 15 is 0 Å². The molecule has 0 bridgehead atoms. The standard InChI is InChI=1S/C24H25N5O.CH3NO/c1-3-18-14-19(27-24(30)26-16-17-10-12-25-13-11-17)15-21-23(18)22(4-2)29(28-21)20-8-6-5-7-9-20;2-1-3/h5-15H,3-4,16H2,1-2H3,(H2,26,27,30);1H,(H2,2,3). The molecule has 0 radical (unpaired) electrons. The van der Waals surface area contributed by atoms with Crippen molar-refractivity contribution < 1.29 is 9.59 Å². The Morgan fingerprint density at radius 2 is 1.76 bits per heavy atom. The lowest BCUT2D eigenvalue weighted by atomic mass is 10.0. The van der Waals surface area contributed by atoms with Gasteiger partial charge in [-0.15, -0.1) is 0 Å². The van der Waals surface area contributed by atoms with Crippen LogP contribution in [0.25, 0.3) is 16.6 Å². The lowest BCUT2D eigenvalue weighted by Crippen LogP contribution is -2.28. The molecule has 2 heterocycles. The van der Waals surface area contributed by atoms with Crippen molar-refractivity contribution in [2.75, 3.05) is 5.32 Å². The molecule has 3 amide bonds. The Morgan fingerprint density at radius 3 is 2.39 bits per heavy atom. The molecule has 0 aliphatic carbocycles. The zero-order valence-electron chi connectivity index (χ0n) is 18.8. The first-order valence-electron chi connectivity index (χ1n) is 10.8. The van der Waals surface area contributed by atoms with Crippen LogP contribution in [-0.4, -0.2) is 27.2 Å². The van der Waals surface area contributed by atoms with E-state index in [0.717, 1.165) is 35.3 Å². The lowest BCUT2D eigenvalue weighted by Gasteiger charge is -2.10. The number of carbonyl (C=O) groups is 2. The summed E-state index contributed by atoms with van der Waals surface area (Å²) in [7, 11) is 0. The van der Waals surface area contributed by atoms with Crippen LogP contribution in [0.5, 0.6) is 0 Å². The van der Waals surface area contributed by atoms with Gasteiger partial charge in [-0.2, -0.15) is 5.10 Å². The Labute approximate surface area is 192 Å². The molecule has 0 atom stereocenters. The van der Waals surface area contributed by atoms with Gasteiger partial charge >= 0.3 is 6.03 Å². The van der Waals surface area contributed by atoms with Crippen LogP contribution in [0, 0.1) is 0 Å². The van der Waals surface area contributed by atoms with Gasteiger partial charge in [-0.25, -0.2) is 9.48 Å². The van der Waals surface area contributed by atoms with Crippen molar-refractivity contribution in [2.45, 2.75) is 33.2 Å². The number of nitrogens with zero attached hydrogens (tertiary/aromatic N) is 3. The Hall–Kier alpha value is -4.20. The zero-order chi connectivity index (χ0) is 23.6. The summed E-state index contributed by atoms with van der Waals surface area (Å²) in [5.41, 5.74) is 10.2. The Morgan fingerprint density at radius 1 is 1.06 bits per heavy atom. The second kappa shape index (κ2) is 11.4. The predicted molar refractivity (Wildman–Crippen MR) is 130 cm³/mol. The smallest absolute Gasteiger partial charge is 0.319 e. The van der Waals surface area contributed by atoms with E-state index in [-0.39, 0.29) is 12.4 Å². The summed E-state index contributed by atoms with van der Waals surface area (Å²) in [6.45, 7) is 4.72. The second-order valence-electron chi connectivity index (χ2n) is 7.23. The molecule has 0 saturated heterocycles. The maximum atomic E-state index is 12.4. The molecule has 0 saturated carbocycles. The number of hydrogen-bond donors (Lipinski definition) is 3. The number of anilines is 1. The van der Waals surface area contributed by atoms with Gasteiger partial charge in [-0.1, -0.05) is 32.0 Å². The number of primary amides is 1. The predicted octanol–water partition coefficient (Wildman–Crippen LogP) is 3.97. The first kappa shape index (κ1) is 23.5. The maximum absolute atomic E-state index is 12.4. The van der Waals surface area contributed by atoms with Crippen molar-refractivity contribution in [2.24, 2.45) is 5.73 Å². The normalized spacial score (nSPS) is 10.2. The second-order valence-corrected chi connectivity index (χ2v) is 7.23. The molecule has 33 heavy (non-hydrogen) atoms. The molecule has 4 N–H and O–H groups in total. The number of fused-ring (bicyclic) bond motifs is 1. The molecular formula is C25H28N6O2. The van der Waals surface area contributed by atoms with Gasteiger partial charge in [0.1, 0.15) is 0 Å². The van der Waals surface area contributed by atoms with E-state index in [9.17, 15) is 4.79 Å². The third-order valence-corrected chi connectivity index (χ3v) is 5.13. The van der Waals surface area contributed by atoms with Gasteiger partial charge in [0.05, 0.1) is 16.9 Å².